The molecule has 2 heterocycles. The highest BCUT2D eigenvalue weighted by Gasteiger charge is 2.14. The number of aromatic nitrogens is 1. The Morgan fingerprint density at radius 1 is 1.17 bits per heavy atom. The van der Waals surface area contributed by atoms with Crippen LogP contribution in [-0.4, -0.2) is 24.2 Å². The van der Waals surface area contributed by atoms with Gasteiger partial charge in [-0.05, 0) is 38.1 Å². The van der Waals surface area contributed by atoms with Crippen LogP contribution in [-0.2, 0) is 0 Å². The Labute approximate surface area is 113 Å². The Bertz CT molecular complexity index is 512. The molecule has 1 saturated heterocycles. The molecule has 1 aliphatic rings. The fourth-order valence-electron chi connectivity index (χ4n) is 2.22. The first-order valence-corrected chi connectivity index (χ1v) is 6.14. The van der Waals surface area contributed by atoms with Crippen molar-refractivity contribution in [2.75, 3.05) is 13.1 Å². The molecule has 96 valence electrons. The van der Waals surface area contributed by atoms with Crippen molar-refractivity contribution < 1.29 is 4.74 Å². The SMILES string of the molecule is Cl.c1ccc2ncc(OC3CCNCC3)cc2c1. The van der Waals surface area contributed by atoms with E-state index in [1.165, 1.54) is 0 Å². The van der Waals surface area contributed by atoms with Gasteiger partial charge >= 0.3 is 0 Å². The molecule has 1 aliphatic heterocycles. The first-order chi connectivity index (χ1) is 8.42. The highest BCUT2D eigenvalue weighted by Crippen LogP contribution is 2.20. The van der Waals surface area contributed by atoms with Crippen LogP contribution in [0.3, 0.4) is 0 Å². The number of ether oxygens (including phenoxy) is 1. The first kappa shape index (κ1) is 13.1. The highest BCUT2D eigenvalue weighted by molar-refractivity contribution is 5.85. The Balaban J connectivity index is 0.00000120. The number of hydrogen-bond donors (Lipinski definition) is 1. The van der Waals surface area contributed by atoms with Crippen molar-refractivity contribution in [3.05, 3.63) is 36.5 Å². The summed E-state index contributed by atoms with van der Waals surface area (Å²) in [7, 11) is 0. The lowest BCUT2D eigenvalue weighted by atomic mass is 10.1. The maximum atomic E-state index is 5.96. The number of rotatable bonds is 2. The van der Waals surface area contributed by atoms with Crippen LogP contribution in [0.15, 0.2) is 36.5 Å². The second kappa shape index (κ2) is 6.03. The molecule has 1 N–H and O–H groups in total. The number of nitrogens with zero attached hydrogens (tertiary/aromatic N) is 1. The predicted molar refractivity (Wildman–Crippen MR) is 75.5 cm³/mol. The van der Waals surface area contributed by atoms with Gasteiger partial charge in [0, 0.05) is 5.39 Å². The van der Waals surface area contributed by atoms with E-state index >= 15 is 0 Å². The Hall–Kier alpha value is -1.32. The molecule has 4 heteroatoms. The van der Waals surface area contributed by atoms with Crippen molar-refractivity contribution in [1.82, 2.24) is 10.3 Å². The normalized spacial score (nSPS) is 16.2. The summed E-state index contributed by atoms with van der Waals surface area (Å²) in [5, 5.41) is 4.47. The van der Waals surface area contributed by atoms with E-state index in [0.29, 0.717) is 6.10 Å². The minimum atomic E-state index is 0. The van der Waals surface area contributed by atoms with E-state index < -0.39 is 0 Å². The number of fused-ring (bicyclic) bond motifs is 1. The molecule has 18 heavy (non-hydrogen) atoms. The molecule has 0 bridgehead atoms. The molecule has 0 saturated carbocycles. The van der Waals surface area contributed by atoms with E-state index in [-0.39, 0.29) is 12.4 Å². The molecule has 1 fully saturated rings. The van der Waals surface area contributed by atoms with Crippen molar-refractivity contribution in [2.24, 2.45) is 0 Å². The van der Waals surface area contributed by atoms with Crippen LogP contribution >= 0.6 is 12.4 Å². The zero-order valence-corrected chi connectivity index (χ0v) is 11.0. The third-order valence-corrected chi connectivity index (χ3v) is 3.15. The topological polar surface area (TPSA) is 34.1 Å². The summed E-state index contributed by atoms with van der Waals surface area (Å²) in [6, 6.07) is 10.2. The van der Waals surface area contributed by atoms with Crippen LogP contribution in [0.25, 0.3) is 10.9 Å². The fourth-order valence-corrected chi connectivity index (χ4v) is 2.22. The molecule has 1 aromatic carbocycles. The van der Waals surface area contributed by atoms with E-state index in [9.17, 15) is 0 Å². The van der Waals surface area contributed by atoms with E-state index in [0.717, 1.165) is 42.6 Å². The highest BCUT2D eigenvalue weighted by atomic mass is 35.5. The number of benzene rings is 1. The lowest BCUT2D eigenvalue weighted by Gasteiger charge is -2.23. The summed E-state index contributed by atoms with van der Waals surface area (Å²) in [4.78, 5) is 4.41. The molecule has 0 amide bonds. The van der Waals surface area contributed by atoms with Gasteiger partial charge in [-0.15, -0.1) is 12.4 Å². The predicted octanol–water partition coefficient (Wildman–Crippen LogP) is 2.79. The van der Waals surface area contributed by atoms with Gasteiger partial charge in [0.05, 0.1) is 11.7 Å². The third-order valence-electron chi connectivity index (χ3n) is 3.15. The summed E-state index contributed by atoms with van der Waals surface area (Å²) < 4.78 is 5.96. The lowest BCUT2D eigenvalue weighted by Crippen LogP contribution is -2.34. The van der Waals surface area contributed by atoms with Gasteiger partial charge in [0.15, 0.2) is 0 Å². The Kier molecular flexibility index (Phi) is 4.39. The summed E-state index contributed by atoms with van der Waals surface area (Å²) in [5.74, 6) is 0.885. The fraction of sp³-hybridized carbons (Fsp3) is 0.357. The van der Waals surface area contributed by atoms with Crippen molar-refractivity contribution in [3.63, 3.8) is 0 Å². The van der Waals surface area contributed by atoms with Gasteiger partial charge < -0.3 is 10.1 Å². The van der Waals surface area contributed by atoms with Gasteiger partial charge in [-0.1, -0.05) is 18.2 Å². The van der Waals surface area contributed by atoms with Crippen molar-refractivity contribution in [2.45, 2.75) is 18.9 Å². The molecule has 0 radical (unpaired) electrons. The van der Waals surface area contributed by atoms with E-state index in [4.69, 9.17) is 4.74 Å². The largest absolute Gasteiger partial charge is 0.489 e. The maximum Gasteiger partial charge on any atom is 0.138 e. The minimum absolute atomic E-state index is 0. The van der Waals surface area contributed by atoms with Gasteiger partial charge in [-0.3, -0.25) is 4.98 Å². The molecule has 0 spiro atoms. The molecule has 0 aliphatic carbocycles. The average Bonchev–Trinajstić information content (AvgIpc) is 2.40. The van der Waals surface area contributed by atoms with Crippen LogP contribution in [0.5, 0.6) is 5.75 Å². The Morgan fingerprint density at radius 2 is 1.94 bits per heavy atom. The molecule has 3 nitrogen and oxygen atoms in total. The lowest BCUT2D eigenvalue weighted by molar-refractivity contribution is 0.162. The number of halogens is 1. The van der Waals surface area contributed by atoms with Crippen molar-refractivity contribution in [3.8, 4) is 5.75 Å². The van der Waals surface area contributed by atoms with E-state index in [1.807, 2.05) is 24.4 Å². The number of hydrogen-bond acceptors (Lipinski definition) is 3. The molecular weight excluding hydrogens is 248 g/mol. The second-order valence-corrected chi connectivity index (χ2v) is 4.43. The quantitative estimate of drug-likeness (QED) is 0.906. The minimum Gasteiger partial charge on any atom is -0.489 e. The zero-order valence-electron chi connectivity index (χ0n) is 10.1. The van der Waals surface area contributed by atoms with Crippen LogP contribution in [0, 0.1) is 0 Å². The van der Waals surface area contributed by atoms with Crippen molar-refractivity contribution in [1.29, 1.82) is 0 Å². The summed E-state index contributed by atoms with van der Waals surface area (Å²) in [6.45, 7) is 2.09. The van der Waals surface area contributed by atoms with Gasteiger partial charge in [-0.2, -0.15) is 0 Å². The molecule has 3 rings (SSSR count). The number of para-hydroxylation sites is 1. The van der Waals surface area contributed by atoms with E-state index in [2.05, 4.69) is 22.4 Å². The van der Waals surface area contributed by atoms with Gasteiger partial charge in [0.25, 0.3) is 0 Å². The summed E-state index contributed by atoms with van der Waals surface area (Å²) >= 11 is 0. The third kappa shape index (κ3) is 2.92. The smallest absolute Gasteiger partial charge is 0.138 e. The molecule has 0 unspecified atom stereocenters. The molecule has 0 atom stereocenters. The maximum absolute atomic E-state index is 5.96. The second-order valence-electron chi connectivity index (χ2n) is 4.43. The van der Waals surface area contributed by atoms with Gasteiger partial charge in [0.1, 0.15) is 11.9 Å². The van der Waals surface area contributed by atoms with E-state index in [1.54, 1.807) is 0 Å². The first-order valence-electron chi connectivity index (χ1n) is 6.14. The van der Waals surface area contributed by atoms with Crippen LogP contribution in [0.1, 0.15) is 12.8 Å². The molecule has 1 aromatic heterocycles. The van der Waals surface area contributed by atoms with Crippen LogP contribution in [0.4, 0.5) is 0 Å². The number of nitrogens with one attached hydrogen (secondary N) is 1. The van der Waals surface area contributed by atoms with Crippen LogP contribution in [0.2, 0.25) is 0 Å². The summed E-state index contributed by atoms with van der Waals surface area (Å²) in [5.41, 5.74) is 1.02. The van der Waals surface area contributed by atoms with Gasteiger partial charge in [-0.25, -0.2) is 0 Å². The standard InChI is InChI=1S/C14H16N2O.ClH/c1-2-4-14-11(3-1)9-13(10-16-14)17-12-5-7-15-8-6-12;/h1-4,9-10,12,15H,5-8H2;1H. The van der Waals surface area contributed by atoms with Gasteiger partial charge in [0.2, 0.25) is 0 Å². The number of pyridine rings is 1. The van der Waals surface area contributed by atoms with Crippen LogP contribution < -0.4 is 10.1 Å². The Morgan fingerprint density at radius 3 is 2.78 bits per heavy atom. The molecular formula is C14H17ClN2O. The number of piperidine rings is 1. The average molecular weight is 265 g/mol. The molecule has 2 aromatic rings. The monoisotopic (exact) mass is 264 g/mol. The zero-order chi connectivity index (χ0) is 11.5. The van der Waals surface area contributed by atoms with Crippen molar-refractivity contribution >= 4 is 23.3 Å². The summed E-state index contributed by atoms with van der Waals surface area (Å²) in [6.07, 6.45) is 4.31.